The molecule has 6 aliphatic rings. The molecule has 20 N–H and O–H groups in total. The minimum absolute atomic E-state index is 0.188. The van der Waals surface area contributed by atoms with Crippen molar-refractivity contribution in [3.8, 4) is 103 Å². The summed E-state index contributed by atoms with van der Waals surface area (Å²) in [6.45, 7) is -1.43. The molecule has 1 saturated heterocycles. The molecule has 0 spiro atoms. The minimum atomic E-state index is -2.86. The van der Waals surface area contributed by atoms with E-state index >= 15 is 0 Å². The normalized spacial score (nSPS) is 21.8. The van der Waals surface area contributed by atoms with Crippen molar-refractivity contribution in [3.05, 3.63) is 128 Å². The third-order valence-electron chi connectivity index (χ3n) is 14.3. The monoisotopic (exact) mass is 1240 g/mol. The highest BCUT2D eigenvalue weighted by molar-refractivity contribution is 6.09. The number of carbonyl (C=O) groups excluding carboxylic acids is 5. The Morgan fingerprint density at radius 1 is 0.472 bits per heavy atom. The molecule has 0 bridgehead atoms. The van der Waals surface area contributed by atoms with Crippen molar-refractivity contribution in [2.45, 2.75) is 42.9 Å². The number of allylic oxidation sites excluding steroid dienone is 2. The predicted octanol–water partition coefficient (Wildman–Crippen LogP) is 1.19. The van der Waals surface area contributed by atoms with Gasteiger partial charge in [-0.3, -0.25) is 0 Å². The number of aliphatic hydroxyl groups excluding tert-OH is 3. The van der Waals surface area contributed by atoms with E-state index in [2.05, 4.69) is 9.47 Å². The molecular formula is C55H38O34+2. The van der Waals surface area contributed by atoms with Crippen LogP contribution < -0.4 is 4.74 Å². The van der Waals surface area contributed by atoms with Gasteiger partial charge in [0.2, 0.25) is 59.1 Å². The quantitative estimate of drug-likeness (QED) is 0.0449. The Morgan fingerprint density at radius 2 is 0.921 bits per heavy atom. The largest absolute Gasteiger partial charge is 0.551 e. The first kappa shape index (κ1) is 58.0. The Morgan fingerprint density at radius 3 is 1.45 bits per heavy atom. The van der Waals surface area contributed by atoms with E-state index in [-0.39, 0.29) is 16.7 Å². The van der Waals surface area contributed by atoms with E-state index in [9.17, 15) is 125 Å². The summed E-state index contributed by atoms with van der Waals surface area (Å²) in [5.74, 6) is -37.0. The number of carbonyl (C=O) groups is 7. The number of aliphatic hydroxyl groups is 5. The van der Waals surface area contributed by atoms with Crippen LogP contribution in [0.4, 0.5) is 0 Å². The highest BCUT2D eigenvalue weighted by Gasteiger charge is 2.58. The van der Waals surface area contributed by atoms with E-state index in [0.29, 0.717) is 42.5 Å². The lowest BCUT2D eigenvalue weighted by Gasteiger charge is -2.43. The maximum absolute atomic E-state index is 14.9. The van der Waals surface area contributed by atoms with E-state index in [4.69, 9.17) is 33.2 Å². The summed E-state index contributed by atoms with van der Waals surface area (Å²) in [6, 6.07) is 2.92. The van der Waals surface area contributed by atoms with Gasteiger partial charge in [0, 0.05) is 38.9 Å². The average molecular weight is 1240 g/mol. The summed E-state index contributed by atoms with van der Waals surface area (Å²) >= 11 is 0. The fourth-order valence-corrected chi connectivity index (χ4v) is 10.1. The van der Waals surface area contributed by atoms with Gasteiger partial charge in [-0.2, -0.15) is 0 Å². The summed E-state index contributed by atoms with van der Waals surface area (Å²) in [6.07, 6.45) is -15.4. The molecule has 0 aromatic heterocycles. The molecule has 11 rings (SSSR count). The van der Waals surface area contributed by atoms with Crippen LogP contribution in [0.1, 0.15) is 51.8 Å². The molecule has 1 fully saturated rings. The SMILES string of the molecule is O=C1[OH+]C2C(O)=C(Oc3c(C(=O)O[C@@H]4O[C@@H]5COC(=O)c6cc(O)c(O)c(O)c6-c6c(cc(O)c(O)c6O)C(=O)O[C@H]5[C@H](OC(=O)c5cc(O)c(O)c(O)c5)[C@H]4OC(=O)c4cc(O)c(O)c(O)c4)cc(O)c(O)c3O)C=C3C(=O)[OH+]C4C(O)=C(O)C=C1C4=C32. The Hall–Kier alpha value is -12.8. The van der Waals surface area contributed by atoms with E-state index in [1.54, 1.807) is 0 Å². The second-order valence-electron chi connectivity index (χ2n) is 19.6. The van der Waals surface area contributed by atoms with Crippen LogP contribution in [0.5, 0.6) is 92.0 Å². The number of ether oxygens (including phenoxy) is 9. The fourth-order valence-electron chi connectivity index (χ4n) is 10.1. The number of phenolic OH excluding ortho intramolecular Hbond substituents is 15. The molecule has 4 aliphatic heterocycles. The number of aliphatic carboxylic acids is 2. The molecule has 2 unspecified atom stereocenters. The first-order valence-electron chi connectivity index (χ1n) is 24.9. The summed E-state index contributed by atoms with van der Waals surface area (Å²) < 4.78 is 47.6. The number of cyclic esters (lactones) is 1. The van der Waals surface area contributed by atoms with Crippen molar-refractivity contribution in [1.82, 2.24) is 0 Å². The van der Waals surface area contributed by atoms with Gasteiger partial charge in [0.15, 0.2) is 92.7 Å². The van der Waals surface area contributed by atoms with Crippen molar-refractivity contribution in [3.63, 3.8) is 0 Å². The van der Waals surface area contributed by atoms with Gasteiger partial charge in [0.25, 0.3) is 0 Å². The van der Waals surface area contributed by atoms with Crippen LogP contribution in [0.25, 0.3) is 11.1 Å². The molecule has 5 aromatic carbocycles. The van der Waals surface area contributed by atoms with Crippen LogP contribution in [-0.4, -0.2) is 193 Å². The lowest BCUT2D eigenvalue weighted by atomic mass is 9.78. The molecular weight excluding hydrogens is 1200 g/mol. The molecule has 0 saturated carbocycles. The number of hydrogen-bond acceptors (Lipinski definition) is 32. The summed E-state index contributed by atoms with van der Waals surface area (Å²) in [5.41, 5.74) is -9.02. The van der Waals surface area contributed by atoms with Gasteiger partial charge in [0.05, 0.1) is 33.4 Å². The highest BCUT2D eigenvalue weighted by atomic mass is 16.7. The third-order valence-corrected chi connectivity index (χ3v) is 14.3. The highest BCUT2D eigenvalue weighted by Crippen LogP contribution is 2.54. The number of phenols is 15. The van der Waals surface area contributed by atoms with Crippen molar-refractivity contribution >= 4 is 41.8 Å². The summed E-state index contributed by atoms with van der Waals surface area (Å²) in [5, 5.41) is 192. The fraction of sp³-hybridized carbons (Fsp3) is 0.145. The van der Waals surface area contributed by atoms with Gasteiger partial charge in [0.1, 0.15) is 29.4 Å². The predicted molar refractivity (Wildman–Crippen MR) is 276 cm³/mol. The first-order valence-corrected chi connectivity index (χ1v) is 24.9. The van der Waals surface area contributed by atoms with Gasteiger partial charge >= 0.3 is 41.8 Å². The Bertz CT molecular complexity index is 4230. The Balaban J connectivity index is 1.06. The maximum atomic E-state index is 14.9. The molecule has 7 atom stereocenters. The van der Waals surface area contributed by atoms with Crippen molar-refractivity contribution < 1.29 is 168 Å². The van der Waals surface area contributed by atoms with Crippen LogP contribution in [0.3, 0.4) is 0 Å². The van der Waals surface area contributed by atoms with E-state index in [0.717, 1.165) is 12.2 Å². The average Bonchev–Trinajstić information content (AvgIpc) is 0.934. The van der Waals surface area contributed by atoms with E-state index in [1.165, 1.54) is 0 Å². The molecule has 2 aliphatic carbocycles. The molecule has 89 heavy (non-hydrogen) atoms. The molecule has 0 radical (unpaired) electrons. The number of carboxylic acids is 2. The third kappa shape index (κ3) is 9.31. The number of hydrogen-bond donors (Lipinski definition) is 18. The summed E-state index contributed by atoms with van der Waals surface area (Å²) in [4.78, 5) is 99.5. The lowest BCUT2D eigenvalue weighted by molar-refractivity contribution is -0.282. The van der Waals surface area contributed by atoms with Crippen LogP contribution in [0.15, 0.2) is 99.9 Å². The van der Waals surface area contributed by atoms with Crippen molar-refractivity contribution in [2.24, 2.45) is 0 Å². The van der Waals surface area contributed by atoms with Crippen molar-refractivity contribution in [1.29, 1.82) is 0 Å². The molecule has 460 valence electrons. The van der Waals surface area contributed by atoms with Gasteiger partial charge in [-0.15, -0.1) is 0 Å². The van der Waals surface area contributed by atoms with Crippen LogP contribution in [-0.2, 0) is 38.0 Å². The van der Waals surface area contributed by atoms with Crippen molar-refractivity contribution in [2.75, 3.05) is 6.61 Å². The van der Waals surface area contributed by atoms with E-state index < -0.39 is 251 Å². The number of rotatable bonds is 8. The number of benzene rings is 5. The molecule has 34 heteroatoms. The van der Waals surface area contributed by atoms with Crippen LogP contribution >= 0.6 is 0 Å². The number of esters is 5. The minimum Gasteiger partial charge on any atom is -0.540 e. The molecule has 0 amide bonds. The standard InChI is InChI=1S/C55H36O34/c56-18-1-11(2-19(57)32(18)64)48(74)87-46-43-27(10-81-50(76)13-5-22(60)34(66)39(71)28(13)29-14(51(77)84-43)6-23(61)35(67)40(29)72)83-55(47(46)88-49(75)12-3-20(58)33(65)21(59)4-12)89-54(80)17-8-24(62)36(68)41(73)42(17)82-26-9-16-31-30-15(52(78)86-45(31)38(26)70)7-25(63)37(69)44(30)85-53(16)79/h1-9,27,43-47,55-73H,10H2/p+2/t27-,43-,44?,45?,46+,47-,55+/m1/s1. The lowest BCUT2D eigenvalue weighted by Crippen LogP contribution is -2.63. The second-order valence-corrected chi connectivity index (χ2v) is 19.6. The summed E-state index contributed by atoms with van der Waals surface area (Å²) in [7, 11) is 0. The second kappa shape index (κ2) is 20.8. The topological polar surface area (TPSA) is 574 Å². The number of fused-ring (bicyclic) bond motifs is 4. The van der Waals surface area contributed by atoms with Crippen LogP contribution in [0.2, 0.25) is 0 Å². The van der Waals surface area contributed by atoms with E-state index in [1.807, 2.05) is 0 Å². The zero-order chi connectivity index (χ0) is 64.4. The molecule has 4 heterocycles. The van der Waals surface area contributed by atoms with Gasteiger partial charge in [-0.25, -0.2) is 24.0 Å². The molecule has 5 aromatic rings. The van der Waals surface area contributed by atoms with Gasteiger partial charge < -0.3 is 135 Å². The smallest absolute Gasteiger partial charge is 0.540 e. The zero-order valence-corrected chi connectivity index (χ0v) is 43.6. The van der Waals surface area contributed by atoms with Gasteiger partial charge in [-0.05, 0) is 36.4 Å². The zero-order valence-electron chi connectivity index (χ0n) is 43.6. The van der Waals surface area contributed by atoms with Crippen LogP contribution in [0, 0.1) is 0 Å². The molecule has 34 nitrogen and oxygen atoms in total. The first-order chi connectivity index (χ1) is 42.0. The Labute approximate surface area is 489 Å². The maximum Gasteiger partial charge on any atom is 0.551 e. The Kier molecular flexibility index (Phi) is 13.6. The number of aromatic hydroxyl groups is 15. The van der Waals surface area contributed by atoms with Gasteiger partial charge in [-0.1, -0.05) is 0 Å².